The number of benzene rings is 1. The molecule has 0 radical (unpaired) electrons. The van der Waals surface area contributed by atoms with Crippen molar-refractivity contribution in [1.82, 2.24) is 0 Å². The molecule has 1 aliphatic carbocycles. The van der Waals surface area contributed by atoms with Crippen LogP contribution in [0.15, 0.2) is 35.4 Å². The van der Waals surface area contributed by atoms with E-state index in [4.69, 9.17) is 0 Å². The summed E-state index contributed by atoms with van der Waals surface area (Å²) in [6, 6.07) is 5.47. The van der Waals surface area contributed by atoms with E-state index in [1.54, 1.807) is 12.1 Å². The molecule has 1 fully saturated rings. The van der Waals surface area contributed by atoms with E-state index < -0.39 is 11.7 Å². The van der Waals surface area contributed by atoms with E-state index in [9.17, 15) is 13.2 Å². The van der Waals surface area contributed by atoms with Gasteiger partial charge >= 0.3 is 6.18 Å². The van der Waals surface area contributed by atoms with Crippen LogP contribution in [0.2, 0.25) is 0 Å². The Morgan fingerprint density at radius 2 is 1.71 bits per heavy atom. The Balaban J connectivity index is 2.08. The Hall–Kier alpha value is -1.25. The van der Waals surface area contributed by atoms with E-state index in [0.717, 1.165) is 37.0 Å². The minimum absolute atomic E-state index is 0.574. The molecular formula is C14H15F3. The molecule has 1 aliphatic rings. The van der Waals surface area contributed by atoms with Crippen molar-refractivity contribution in [2.24, 2.45) is 0 Å². The molecule has 0 bridgehead atoms. The zero-order valence-electron chi connectivity index (χ0n) is 9.77. The Morgan fingerprint density at radius 1 is 1.12 bits per heavy atom. The lowest BCUT2D eigenvalue weighted by Crippen LogP contribution is -2.05. The minimum Gasteiger partial charge on any atom is -0.166 e. The highest BCUT2D eigenvalue weighted by Gasteiger charge is 2.29. The topological polar surface area (TPSA) is 0 Å². The fourth-order valence-electron chi connectivity index (χ4n) is 2.02. The molecule has 0 N–H and O–H groups in total. The molecule has 0 spiro atoms. The normalized spacial score (nSPS) is 15.6. The number of alkyl halides is 3. The molecular weight excluding hydrogens is 225 g/mol. The van der Waals surface area contributed by atoms with Crippen LogP contribution in [0.3, 0.4) is 0 Å². The smallest absolute Gasteiger partial charge is 0.166 e. The maximum absolute atomic E-state index is 12.4. The average molecular weight is 240 g/mol. The first kappa shape index (κ1) is 12.2. The molecule has 1 aromatic rings. The van der Waals surface area contributed by atoms with Crippen LogP contribution in [-0.2, 0) is 12.6 Å². The predicted molar refractivity (Wildman–Crippen MR) is 61.7 cm³/mol. The summed E-state index contributed by atoms with van der Waals surface area (Å²) in [6.07, 6.45) is 0.103. The highest BCUT2D eigenvalue weighted by molar-refractivity contribution is 5.30. The van der Waals surface area contributed by atoms with E-state index in [-0.39, 0.29) is 0 Å². The van der Waals surface area contributed by atoms with Crippen molar-refractivity contribution in [3.8, 4) is 0 Å². The maximum atomic E-state index is 12.4. The molecule has 0 unspecified atom stereocenters. The van der Waals surface area contributed by atoms with Crippen molar-refractivity contribution in [2.75, 3.05) is 0 Å². The zero-order chi connectivity index (χ0) is 12.5. The van der Waals surface area contributed by atoms with Gasteiger partial charge in [-0.2, -0.15) is 13.2 Å². The van der Waals surface area contributed by atoms with Crippen molar-refractivity contribution in [3.05, 3.63) is 46.5 Å². The van der Waals surface area contributed by atoms with Crippen molar-refractivity contribution < 1.29 is 13.2 Å². The number of hydrogen-bond acceptors (Lipinski definition) is 0. The van der Waals surface area contributed by atoms with Gasteiger partial charge < -0.3 is 0 Å². The first-order valence-corrected chi connectivity index (χ1v) is 5.80. The second-order valence-corrected chi connectivity index (χ2v) is 4.61. The van der Waals surface area contributed by atoms with Gasteiger partial charge in [0.2, 0.25) is 0 Å². The molecule has 1 aromatic carbocycles. The van der Waals surface area contributed by atoms with Crippen LogP contribution >= 0.6 is 0 Å². The van der Waals surface area contributed by atoms with E-state index >= 15 is 0 Å². The Kier molecular flexibility index (Phi) is 3.27. The molecule has 2 rings (SSSR count). The van der Waals surface area contributed by atoms with Crippen LogP contribution in [0.4, 0.5) is 13.2 Å². The molecule has 0 aliphatic heterocycles. The summed E-state index contributed by atoms with van der Waals surface area (Å²) in [7, 11) is 0. The fraction of sp³-hybridized carbons (Fsp3) is 0.429. The summed E-state index contributed by atoms with van der Waals surface area (Å²) >= 11 is 0. The van der Waals surface area contributed by atoms with E-state index in [2.05, 4.69) is 6.92 Å². The largest absolute Gasteiger partial charge is 0.416 e. The van der Waals surface area contributed by atoms with Gasteiger partial charge in [-0.05, 0) is 50.3 Å². The van der Waals surface area contributed by atoms with E-state index in [1.165, 1.54) is 17.6 Å². The minimum atomic E-state index is -4.24. The van der Waals surface area contributed by atoms with Gasteiger partial charge in [0.05, 0.1) is 5.56 Å². The zero-order valence-corrected chi connectivity index (χ0v) is 9.77. The number of allylic oxidation sites excluding steroid dienone is 2. The third-order valence-corrected chi connectivity index (χ3v) is 3.31. The Morgan fingerprint density at radius 3 is 2.12 bits per heavy atom. The molecule has 0 nitrogen and oxygen atoms in total. The highest BCUT2D eigenvalue weighted by atomic mass is 19.4. The summed E-state index contributed by atoms with van der Waals surface area (Å²) in [6.45, 7) is 2.08. The highest BCUT2D eigenvalue weighted by Crippen LogP contribution is 2.31. The van der Waals surface area contributed by atoms with E-state index in [0.29, 0.717) is 0 Å². The average Bonchev–Trinajstić information content (AvgIpc) is 2.13. The van der Waals surface area contributed by atoms with Crippen LogP contribution < -0.4 is 0 Å². The van der Waals surface area contributed by atoms with Gasteiger partial charge in [0, 0.05) is 0 Å². The van der Waals surface area contributed by atoms with Crippen molar-refractivity contribution >= 4 is 0 Å². The SMILES string of the molecule is CC(Cc1ccc(C(F)(F)F)cc1)=C1CCC1. The number of hydrogen-bond donors (Lipinski definition) is 0. The van der Waals surface area contributed by atoms with Crippen LogP contribution in [0.1, 0.15) is 37.3 Å². The van der Waals surface area contributed by atoms with Gasteiger partial charge in [-0.15, -0.1) is 0 Å². The summed E-state index contributed by atoms with van der Waals surface area (Å²) in [5.74, 6) is 0. The monoisotopic (exact) mass is 240 g/mol. The molecule has 0 aromatic heterocycles. The standard InChI is InChI=1S/C14H15F3/c1-10(12-3-2-4-12)9-11-5-7-13(8-6-11)14(15,16)17/h5-8H,2-4,9H2,1H3. The third-order valence-electron chi connectivity index (χ3n) is 3.31. The first-order valence-electron chi connectivity index (χ1n) is 5.80. The lowest BCUT2D eigenvalue weighted by Gasteiger charge is -2.20. The van der Waals surface area contributed by atoms with Crippen molar-refractivity contribution in [1.29, 1.82) is 0 Å². The van der Waals surface area contributed by atoms with Crippen LogP contribution in [-0.4, -0.2) is 0 Å². The van der Waals surface area contributed by atoms with Crippen LogP contribution in [0.25, 0.3) is 0 Å². The predicted octanol–water partition coefficient (Wildman–Crippen LogP) is 4.75. The summed E-state index contributed by atoms with van der Waals surface area (Å²) in [5, 5.41) is 0. The van der Waals surface area contributed by atoms with Gasteiger partial charge in [-0.3, -0.25) is 0 Å². The molecule has 17 heavy (non-hydrogen) atoms. The Labute approximate surface area is 99.2 Å². The molecule has 1 saturated carbocycles. The van der Waals surface area contributed by atoms with Gasteiger partial charge in [-0.1, -0.05) is 23.3 Å². The Bertz CT molecular complexity index is 418. The number of halogens is 3. The molecule has 0 saturated heterocycles. The van der Waals surface area contributed by atoms with Crippen molar-refractivity contribution in [2.45, 2.75) is 38.8 Å². The van der Waals surface area contributed by atoms with Crippen LogP contribution in [0.5, 0.6) is 0 Å². The quantitative estimate of drug-likeness (QED) is 0.654. The second kappa shape index (κ2) is 4.55. The third kappa shape index (κ3) is 2.90. The molecule has 92 valence electrons. The lowest BCUT2D eigenvalue weighted by molar-refractivity contribution is -0.137. The first-order chi connectivity index (χ1) is 7.97. The molecule has 0 amide bonds. The molecule has 0 atom stereocenters. The summed E-state index contributed by atoms with van der Waals surface area (Å²) in [4.78, 5) is 0. The second-order valence-electron chi connectivity index (χ2n) is 4.61. The van der Waals surface area contributed by atoms with Gasteiger partial charge in [0.1, 0.15) is 0 Å². The maximum Gasteiger partial charge on any atom is 0.416 e. The van der Waals surface area contributed by atoms with Gasteiger partial charge in [0.25, 0.3) is 0 Å². The van der Waals surface area contributed by atoms with Gasteiger partial charge in [-0.25, -0.2) is 0 Å². The summed E-state index contributed by atoms with van der Waals surface area (Å²) < 4.78 is 37.1. The van der Waals surface area contributed by atoms with E-state index in [1.807, 2.05) is 0 Å². The molecule has 0 heterocycles. The summed E-state index contributed by atoms with van der Waals surface area (Å²) in [5.41, 5.74) is 3.17. The fourth-order valence-corrected chi connectivity index (χ4v) is 2.02. The van der Waals surface area contributed by atoms with Gasteiger partial charge in [0.15, 0.2) is 0 Å². The number of rotatable bonds is 2. The lowest BCUT2D eigenvalue weighted by atomic mass is 9.86. The molecule has 3 heteroatoms. The van der Waals surface area contributed by atoms with Crippen molar-refractivity contribution in [3.63, 3.8) is 0 Å². The van der Waals surface area contributed by atoms with Crippen LogP contribution in [0, 0.1) is 0 Å².